The van der Waals surface area contributed by atoms with E-state index in [0.717, 1.165) is 12.8 Å². The van der Waals surface area contributed by atoms with Crippen LogP contribution in [0, 0.1) is 0 Å². The molecule has 150 valence electrons. The molecule has 0 nitrogen and oxygen atoms in total. The number of fused-ring (bicyclic) bond motifs is 6. The van der Waals surface area contributed by atoms with E-state index >= 15 is 0 Å². The van der Waals surface area contributed by atoms with Crippen LogP contribution >= 0.6 is 0 Å². The van der Waals surface area contributed by atoms with E-state index in [1.54, 1.807) is 0 Å². The van der Waals surface area contributed by atoms with Crippen molar-refractivity contribution in [2.45, 2.75) is 12.8 Å². The number of benzene rings is 4. The number of hydrogen-bond acceptors (Lipinski definition) is 0. The van der Waals surface area contributed by atoms with Crippen molar-refractivity contribution in [1.82, 2.24) is 0 Å². The van der Waals surface area contributed by atoms with E-state index < -0.39 is 0 Å². The number of aryl methyl sites for hydroxylation is 2. The van der Waals surface area contributed by atoms with Gasteiger partial charge in [0.2, 0.25) is 0 Å². The van der Waals surface area contributed by atoms with Crippen molar-refractivity contribution in [3.63, 3.8) is 0 Å². The number of hydrogen-bond donors (Lipinski definition) is 0. The van der Waals surface area contributed by atoms with Gasteiger partial charge in [-0.1, -0.05) is 85.6 Å². The van der Waals surface area contributed by atoms with E-state index in [4.69, 9.17) is 0 Å². The Morgan fingerprint density at radius 3 is 1.29 bits per heavy atom. The second-order valence-electron chi connectivity index (χ2n) is 7.72. The first-order valence-corrected chi connectivity index (χ1v) is 10.0. The Hall–Kier alpha value is -2.09. The molecule has 6 aromatic rings. The predicted molar refractivity (Wildman–Crippen MR) is 122 cm³/mol. The maximum absolute atomic E-state index is 2.36. The smallest absolute Gasteiger partial charge is 1.00 e. The molecule has 0 radical (unpaired) electrons. The van der Waals surface area contributed by atoms with Gasteiger partial charge in [-0.05, 0) is 0 Å². The number of rotatable bonds is 3. The standard InChI is InChI=1S/C28H20.2ClH.Ti/c1-3-11-23-21(7-1)17-27-19(9-5-13-25(23)27)15-16-20-10-6-14-26-24-12-4-2-8-22(24)18-28(20)26;;;/h1-14,17-18H,15-16H2;2*1H;/q-2;;;+4/p-2. The molecule has 0 amide bonds. The third-order valence-corrected chi connectivity index (χ3v) is 6.16. The van der Waals surface area contributed by atoms with E-state index in [1.165, 1.54) is 54.2 Å². The van der Waals surface area contributed by atoms with Crippen LogP contribution in [0.2, 0.25) is 0 Å². The van der Waals surface area contributed by atoms with Crippen LogP contribution in [-0.2, 0) is 34.6 Å². The first kappa shape index (κ1) is 23.6. The molecule has 0 spiro atoms. The van der Waals surface area contributed by atoms with Gasteiger partial charge >= 0.3 is 21.7 Å². The summed E-state index contributed by atoms with van der Waals surface area (Å²) in [6.45, 7) is 0. The molecule has 0 aliphatic carbocycles. The summed E-state index contributed by atoms with van der Waals surface area (Å²) >= 11 is 0. The fraction of sp³-hybridized carbons (Fsp3) is 0.0714. The molecule has 0 atom stereocenters. The summed E-state index contributed by atoms with van der Waals surface area (Å²) < 4.78 is 0. The molecule has 0 saturated carbocycles. The van der Waals surface area contributed by atoms with Crippen LogP contribution in [-0.4, -0.2) is 0 Å². The van der Waals surface area contributed by atoms with Gasteiger partial charge in [-0.15, -0.1) is 78.5 Å². The quantitative estimate of drug-likeness (QED) is 0.269. The Balaban J connectivity index is 0.000000907. The molecule has 0 bridgehead atoms. The van der Waals surface area contributed by atoms with E-state index in [-0.39, 0.29) is 46.5 Å². The first-order valence-electron chi connectivity index (χ1n) is 10.0. The van der Waals surface area contributed by atoms with Crippen molar-refractivity contribution in [2.75, 3.05) is 0 Å². The van der Waals surface area contributed by atoms with Crippen LogP contribution in [0.25, 0.3) is 43.1 Å². The molecule has 3 heteroatoms. The zero-order valence-corrected chi connectivity index (χ0v) is 20.0. The maximum atomic E-state index is 2.36. The van der Waals surface area contributed by atoms with Gasteiger partial charge in [-0.2, -0.15) is 0 Å². The van der Waals surface area contributed by atoms with Gasteiger partial charge in [-0.3, -0.25) is 0 Å². The summed E-state index contributed by atoms with van der Waals surface area (Å²) in [5.41, 5.74) is 2.89. The van der Waals surface area contributed by atoms with E-state index in [0.29, 0.717) is 0 Å². The first-order chi connectivity index (χ1) is 13.9. The van der Waals surface area contributed by atoms with Gasteiger partial charge in [0.1, 0.15) is 0 Å². The molecule has 0 N–H and O–H groups in total. The molecule has 0 aliphatic rings. The van der Waals surface area contributed by atoms with Crippen molar-refractivity contribution >= 4 is 43.1 Å². The van der Waals surface area contributed by atoms with Gasteiger partial charge in [0, 0.05) is 0 Å². The Labute approximate surface area is 209 Å². The fourth-order valence-electron chi connectivity index (χ4n) is 4.79. The number of halogens is 2. The molecular weight excluding hydrogens is 455 g/mol. The molecule has 6 aromatic carbocycles. The summed E-state index contributed by atoms with van der Waals surface area (Å²) in [5.74, 6) is 0. The van der Waals surface area contributed by atoms with Crippen molar-refractivity contribution in [3.05, 3.63) is 108 Å². The van der Waals surface area contributed by atoms with Crippen molar-refractivity contribution in [3.8, 4) is 0 Å². The minimum absolute atomic E-state index is 0. The maximum Gasteiger partial charge on any atom is 4.00 e. The van der Waals surface area contributed by atoms with E-state index in [2.05, 4.69) is 97.1 Å². The molecule has 0 heterocycles. The zero-order valence-electron chi connectivity index (χ0n) is 16.9. The summed E-state index contributed by atoms with van der Waals surface area (Å²) in [5, 5.41) is 11.0. The largest absolute Gasteiger partial charge is 4.00 e. The van der Waals surface area contributed by atoms with Crippen molar-refractivity contribution in [2.24, 2.45) is 0 Å². The van der Waals surface area contributed by atoms with E-state index in [1.807, 2.05) is 0 Å². The second-order valence-corrected chi connectivity index (χ2v) is 7.72. The van der Waals surface area contributed by atoms with Crippen LogP contribution in [0.1, 0.15) is 11.1 Å². The predicted octanol–water partition coefficient (Wildman–Crippen LogP) is 1.53. The normalized spacial score (nSPS) is 10.7. The molecule has 31 heavy (non-hydrogen) atoms. The minimum atomic E-state index is 0. The molecular formula is C28H20Cl2Ti. The Morgan fingerprint density at radius 1 is 0.452 bits per heavy atom. The summed E-state index contributed by atoms with van der Waals surface area (Å²) in [4.78, 5) is 0. The Morgan fingerprint density at radius 2 is 0.839 bits per heavy atom. The molecule has 0 saturated heterocycles. The average Bonchev–Trinajstić information content (AvgIpc) is 3.31. The molecule has 0 aromatic heterocycles. The van der Waals surface area contributed by atoms with Crippen molar-refractivity contribution in [1.29, 1.82) is 0 Å². The van der Waals surface area contributed by atoms with Crippen LogP contribution in [0.3, 0.4) is 0 Å². The SMILES string of the molecule is [Cl-].[Cl-].[Ti+4].c1ccc2c(c1)[cH-]c1c(CCc3cccc4c3[cH-]c3ccccc34)cccc12. The minimum Gasteiger partial charge on any atom is -1.00 e. The van der Waals surface area contributed by atoms with E-state index in [9.17, 15) is 0 Å². The average molecular weight is 475 g/mol. The van der Waals surface area contributed by atoms with Crippen molar-refractivity contribution < 1.29 is 46.5 Å². The molecule has 6 rings (SSSR count). The van der Waals surface area contributed by atoms with Gasteiger partial charge in [0.25, 0.3) is 0 Å². The van der Waals surface area contributed by atoms with Crippen LogP contribution < -0.4 is 24.8 Å². The Bertz CT molecular complexity index is 1360. The van der Waals surface area contributed by atoms with Gasteiger partial charge in [0.05, 0.1) is 0 Å². The summed E-state index contributed by atoms with van der Waals surface area (Å²) in [6, 6.07) is 35.7. The molecule has 0 aliphatic heterocycles. The van der Waals surface area contributed by atoms with Gasteiger partial charge < -0.3 is 24.8 Å². The molecule has 0 fully saturated rings. The third-order valence-electron chi connectivity index (χ3n) is 6.16. The third kappa shape index (κ3) is 3.95. The Kier molecular flexibility index (Phi) is 7.29. The van der Waals surface area contributed by atoms with Gasteiger partial charge in [0.15, 0.2) is 0 Å². The van der Waals surface area contributed by atoms with Gasteiger partial charge in [-0.25, -0.2) is 0 Å². The fourth-order valence-corrected chi connectivity index (χ4v) is 4.79. The zero-order chi connectivity index (χ0) is 18.5. The molecule has 0 unspecified atom stereocenters. The summed E-state index contributed by atoms with van der Waals surface area (Å²) in [6.07, 6.45) is 2.13. The second kappa shape index (κ2) is 9.59. The monoisotopic (exact) mass is 474 g/mol. The topological polar surface area (TPSA) is 0 Å². The van der Waals surface area contributed by atoms with Crippen LogP contribution in [0.5, 0.6) is 0 Å². The van der Waals surface area contributed by atoms with Crippen LogP contribution in [0.4, 0.5) is 0 Å². The summed E-state index contributed by atoms with van der Waals surface area (Å²) in [7, 11) is 0. The van der Waals surface area contributed by atoms with Crippen LogP contribution in [0.15, 0.2) is 97.1 Å².